The van der Waals surface area contributed by atoms with E-state index in [4.69, 9.17) is 5.73 Å². The average molecular weight is 266 g/mol. The van der Waals surface area contributed by atoms with Crippen LogP contribution in [0.3, 0.4) is 0 Å². The minimum Gasteiger partial charge on any atom is -0.384 e. The Morgan fingerprint density at radius 2 is 2.00 bits per heavy atom. The van der Waals surface area contributed by atoms with Gasteiger partial charge in [-0.05, 0) is 17.5 Å². The third-order valence-electron chi connectivity index (χ3n) is 3.03. The summed E-state index contributed by atoms with van der Waals surface area (Å²) in [4.78, 5) is 18.9. The van der Waals surface area contributed by atoms with E-state index in [1.807, 2.05) is 18.2 Å². The van der Waals surface area contributed by atoms with Crippen molar-refractivity contribution in [2.24, 2.45) is 0 Å². The zero-order valence-corrected chi connectivity index (χ0v) is 10.4. The smallest absolute Gasteiger partial charge is 0.295 e. The lowest BCUT2D eigenvalue weighted by atomic mass is 10.0. The highest BCUT2D eigenvalue weighted by Crippen LogP contribution is 2.33. The molecule has 2 N–H and O–H groups in total. The van der Waals surface area contributed by atoms with E-state index < -0.39 is 4.92 Å². The van der Waals surface area contributed by atoms with E-state index in [1.165, 1.54) is 12.1 Å². The van der Waals surface area contributed by atoms with Gasteiger partial charge in [0.25, 0.3) is 5.69 Å². The SMILES string of the molecule is Nc1ccc([N+](=O)[O-])c(-c2cccc3ccncc23)n1. The molecule has 6 nitrogen and oxygen atoms in total. The first kappa shape index (κ1) is 12.0. The molecule has 0 aliphatic carbocycles. The molecule has 0 radical (unpaired) electrons. The van der Waals surface area contributed by atoms with E-state index in [0.717, 1.165) is 10.8 Å². The van der Waals surface area contributed by atoms with Gasteiger partial charge < -0.3 is 5.73 Å². The maximum Gasteiger partial charge on any atom is 0.295 e. The van der Waals surface area contributed by atoms with Crippen LogP contribution in [-0.2, 0) is 0 Å². The molecule has 6 heteroatoms. The summed E-state index contributed by atoms with van der Waals surface area (Å²) in [6.45, 7) is 0. The summed E-state index contributed by atoms with van der Waals surface area (Å²) in [6.07, 6.45) is 3.34. The quantitative estimate of drug-likeness (QED) is 0.568. The standard InChI is InChI=1S/C14H10N4O2/c15-13-5-4-12(18(19)20)14(17-13)10-3-1-2-9-6-7-16-8-11(9)10/h1-8H,(H2,15,17). The zero-order chi connectivity index (χ0) is 14.1. The normalized spacial score (nSPS) is 10.6. The van der Waals surface area contributed by atoms with E-state index in [2.05, 4.69) is 9.97 Å². The lowest BCUT2D eigenvalue weighted by Crippen LogP contribution is -1.98. The van der Waals surface area contributed by atoms with Gasteiger partial charge in [-0.1, -0.05) is 18.2 Å². The Morgan fingerprint density at radius 1 is 1.15 bits per heavy atom. The molecule has 3 aromatic rings. The Balaban J connectivity index is 2.36. The molecule has 2 aromatic heterocycles. The van der Waals surface area contributed by atoms with E-state index in [-0.39, 0.29) is 17.2 Å². The maximum atomic E-state index is 11.2. The largest absolute Gasteiger partial charge is 0.384 e. The molecular formula is C14H10N4O2. The number of hydrogen-bond acceptors (Lipinski definition) is 5. The fraction of sp³-hybridized carbons (Fsp3) is 0. The first-order chi connectivity index (χ1) is 9.66. The Labute approximate surface area is 114 Å². The van der Waals surface area contributed by atoms with Gasteiger partial charge in [-0.3, -0.25) is 15.1 Å². The van der Waals surface area contributed by atoms with Gasteiger partial charge in [-0.2, -0.15) is 0 Å². The molecule has 0 bridgehead atoms. The number of hydrogen-bond donors (Lipinski definition) is 1. The molecule has 20 heavy (non-hydrogen) atoms. The number of pyridine rings is 2. The Morgan fingerprint density at radius 3 is 2.80 bits per heavy atom. The number of nitrogen functional groups attached to an aromatic ring is 1. The highest BCUT2D eigenvalue weighted by Gasteiger charge is 2.19. The number of anilines is 1. The van der Waals surface area contributed by atoms with E-state index >= 15 is 0 Å². The minimum atomic E-state index is -0.461. The molecule has 2 heterocycles. The van der Waals surface area contributed by atoms with Crippen molar-refractivity contribution < 1.29 is 4.92 Å². The fourth-order valence-electron chi connectivity index (χ4n) is 2.13. The first-order valence-electron chi connectivity index (χ1n) is 5.91. The second kappa shape index (κ2) is 4.58. The molecule has 98 valence electrons. The zero-order valence-electron chi connectivity index (χ0n) is 10.4. The lowest BCUT2D eigenvalue weighted by molar-refractivity contribution is -0.384. The van der Waals surface area contributed by atoms with Crippen molar-refractivity contribution in [3.05, 3.63) is 58.9 Å². The maximum absolute atomic E-state index is 11.2. The average Bonchev–Trinajstić information content (AvgIpc) is 2.46. The van der Waals surface area contributed by atoms with Crippen LogP contribution in [0, 0.1) is 10.1 Å². The topological polar surface area (TPSA) is 94.9 Å². The Kier molecular flexibility index (Phi) is 2.76. The number of benzene rings is 1. The van der Waals surface area contributed by atoms with Crippen molar-refractivity contribution in [1.29, 1.82) is 0 Å². The van der Waals surface area contributed by atoms with Crippen molar-refractivity contribution in [3.8, 4) is 11.3 Å². The molecule has 0 amide bonds. The molecule has 0 aliphatic heterocycles. The number of nitrogens with zero attached hydrogens (tertiary/aromatic N) is 3. The molecule has 0 atom stereocenters. The molecule has 0 aliphatic rings. The summed E-state index contributed by atoms with van der Waals surface area (Å²) in [5.74, 6) is 0.242. The minimum absolute atomic E-state index is 0.0736. The predicted molar refractivity (Wildman–Crippen MR) is 76.0 cm³/mol. The number of rotatable bonds is 2. The van der Waals surface area contributed by atoms with Gasteiger partial charge in [-0.25, -0.2) is 4.98 Å². The van der Waals surface area contributed by atoms with Crippen LogP contribution in [-0.4, -0.2) is 14.9 Å². The number of aromatic nitrogens is 2. The summed E-state index contributed by atoms with van der Waals surface area (Å²) < 4.78 is 0. The summed E-state index contributed by atoms with van der Waals surface area (Å²) in [5.41, 5.74) is 6.49. The van der Waals surface area contributed by atoms with Crippen LogP contribution in [0.5, 0.6) is 0 Å². The second-order valence-corrected chi connectivity index (χ2v) is 4.26. The van der Waals surface area contributed by atoms with Gasteiger partial charge in [-0.15, -0.1) is 0 Å². The van der Waals surface area contributed by atoms with Crippen LogP contribution in [0.4, 0.5) is 11.5 Å². The van der Waals surface area contributed by atoms with Crippen molar-refractivity contribution in [2.75, 3.05) is 5.73 Å². The van der Waals surface area contributed by atoms with Crippen molar-refractivity contribution in [3.63, 3.8) is 0 Å². The molecule has 0 unspecified atom stereocenters. The van der Waals surface area contributed by atoms with E-state index in [0.29, 0.717) is 5.56 Å². The van der Waals surface area contributed by atoms with Gasteiger partial charge in [0.15, 0.2) is 5.69 Å². The van der Waals surface area contributed by atoms with Crippen molar-refractivity contribution >= 4 is 22.3 Å². The summed E-state index contributed by atoms with van der Waals surface area (Å²) in [7, 11) is 0. The highest BCUT2D eigenvalue weighted by atomic mass is 16.6. The van der Waals surface area contributed by atoms with Crippen LogP contribution in [0.15, 0.2) is 48.8 Å². The molecular weight excluding hydrogens is 256 g/mol. The number of fused-ring (bicyclic) bond motifs is 1. The highest BCUT2D eigenvalue weighted by molar-refractivity contribution is 5.97. The molecule has 0 spiro atoms. The molecule has 0 saturated heterocycles. The van der Waals surface area contributed by atoms with Crippen LogP contribution in [0.25, 0.3) is 22.0 Å². The molecule has 3 rings (SSSR count). The van der Waals surface area contributed by atoms with Gasteiger partial charge in [0.2, 0.25) is 0 Å². The second-order valence-electron chi connectivity index (χ2n) is 4.26. The Bertz CT molecular complexity index is 812. The van der Waals surface area contributed by atoms with Gasteiger partial charge in [0.05, 0.1) is 4.92 Å². The van der Waals surface area contributed by atoms with Gasteiger partial charge in [0.1, 0.15) is 5.82 Å². The van der Waals surface area contributed by atoms with Gasteiger partial charge in [0, 0.05) is 29.4 Å². The van der Waals surface area contributed by atoms with Crippen molar-refractivity contribution in [2.45, 2.75) is 0 Å². The predicted octanol–water partition coefficient (Wildman–Crippen LogP) is 2.79. The third kappa shape index (κ3) is 1.93. The summed E-state index contributed by atoms with van der Waals surface area (Å²) in [6, 6.07) is 10.2. The molecule has 1 aromatic carbocycles. The van der Waals surface area contributed by atoms with Crippen LogP contribution < -0.4 is 5.73 Å². The summed E-state index contributed by atoms with van der Waals surface area (Å²) >= 11 is 0. The Hall–Kier alpha value is -3.02. The van der Waals surface area contributed by atoms with Crippen molar-refractivity contribution in [1.82, 2.24) is 9.97 Å². The monoisotopic (exact) mass is 266 g/mol. The van der Waals surface area contributed by atoms with Crippen LogP contribution >= 0.6 is 0 Å². The number of nitro groups is 1. The molecule has 0 fully saturated rings. The summed E-state index contributed by atoms with van der Waals surface area (Å²) in [5, 5.41) is 12.9. The first-order valence-corrected chi connectivity index (χ1v) is 5.91. The number of nitrogens with two attached hydrogens (primary N) is 1. The fourth-order valence-corrected chi connectivity index (χ4v) is 2.13. The van der Waals surface area contributed by atoms with Gasteiger partial charge >= 0.3 is 0 Å². The van der Waals surface area contributed by atoms with E-state index in [1.54, 1.807) is 18.5 Å². The third-order valence-corrected chi connectivity index (χ3v) is 3.03. The lowest BCUT2D eigenvalue weighted by Gasteiger charge is -2.07. The van der Waals surface area contributed by atoms with Crippen LogP contribution in [0.1, 0.15) is 0 Å². The van der Waals surface area contributed by atoms with E-state index in [9.17, 15) is 10.1 Å². The molecule has 0 saturated carbocycles. The van der Waals surface area contributed by atoms with Crippen LogP contribution in [0.2, 0.25) is 0 Å².